The molecule has 0 radical (unpaired) electrons. The van der Waals surface area contributed by atoms with Crippen LogP contribution in [0.2, 0.25) is 0 Å². The fourth-order valence-electron chi connectivity index (χ4n) is 4.08. The van der Waals surface area contributed by atoms with Crippen LogP contribution in [0.3, 0.4) is 0 Å². The molecule has 1 unspecified atom stereocenters. The van der Waals surface area contributed by atoms with Gasteiger partial charge in [0.05, 0.1) is 0 Å². The summed E-state index contributed by atoms with van der Waals surface area (Å²) in [6.45, 7) is 2.90. The van der Waals surface area contributed by atoms with Crippen LogP contribution in [0.4, 0.5) is 4.79 Å². The maximum atomic E-state index is 12.5. The lowest BCUT2D eigenvalue weighted by Crippen LogP contribution is -2.56. The van der Waals surface area contributed by atoms with E-state index in [1.54, 1.807) is 11.9 Å². The van der Waals surface area contributed by atoms with Gasteiger partial charge >= 0.3 is 6.03 Å². The van der Waals surface area contributed by atoms with E-state index >= 15 is 0 Å². The molecule has 3 fully saturated rings. The average molecular weight is 366 g/mol. The third-order valence-electron chi connectivity index (χ3n) is 5.76. The minimum Gasteiger partial charge on any atom is -0.368 e. The van der Waals surface area contributed by atoms with Crippen molar-refractivity contribution in [1.82, 2.24) is 20.4 Å². The van der Waals surface area contributed by atoms with Crippen LogP contribution in [0.15, 0.2) is 0 Å². The summed E-state index contributed by atoms with van der Waals surface area (Å²) >= 11 is 0. The van der Waals surface area contributed by atoms with Crippen LogP contribution >= 0.6 is 0 Å². The monoisotopic (exact) mass is 366 g/mol. The third-order valence-corrected chi connectivity index (χ3v) is 5.76. The second-order valence-corrected chi connectivity index (χ2v) is 7.43. The summed E-state index contributed by atoms with van der Waals surface area (Å²) in [5, 5.41) is 5.79. The van der Waals surface area contributed by atoms with Gasteiger partial charge in [-0.05, 0) is 38.5 Å². The highest BCUT2D eigenvalue weighted by Crippen LogP contribution is 2.24. The minimum atomic E-state index is -0.286. The molecule has 0 aromatic rings. The van der Waals surface area contributed by atoms with E-state index in [9.17, 15) is 14.4 Å². The van der Waals surface area contributed by atoms with Crippen LogP contribution < -0.4 is 10.6 Å². The van der Waals surface area contributed by atoms with Crippen molar-refractivity contribution in [2.45, 2.75) is 50.7 Å². The largest absolute Gasteiger partial charge is 0.368 e. The molecule has 1 aliphatic carbocycles. The molecule has 2 aliphatic heterocycles. The zero-order chi connectivity index (χ0) is 18.5. The van der Waals surface area contributed by atoms with Gasteiger partial charge in [-0.2, -0.15) is 0 Å². The SMILES string of the molecule is CNC(=O)C1CCC(NC(=O)N2CCN(C(=O)C3CCCO3)CC2)CC1. The molecule has 2 N–H and O–H groups in total. The zero-order valence-electron chi connectivity index (χ0n) is 15.5. The number of hydrogen-bond donors (Lipinski definition) is 2. The van der Waals surface area contributed by atoms with Crippen LogP contribution in [-0.2, 0) is 14.3 Å². The standard InChI is InChI=1S/C18H30N4O4/c1-19-16(23)13-4-6-14(7-5-13)20-18(25)22-10-8-21(9-11-22)17(24)15-3-2-12-26-15/h13-15H,2-12H2,1H3,(H,19,23)(H,20,25). The molecule has 1 saturated carbocycles. The van der Waals surface area contributed by atoms with Crippen molar-refractivity contribution in [2.24, 2.45) is 5.92 Å². The van der Waals surface area contributed by atoms with Gasteiger partial charge in [-0.1, -0.05) is 0 Å². The number of nitrogens with zero attached hydrogens (tertiary/aromatic N) is 2. The highest BCUT2D eigenvalue weighted by molar-refractivity contribution is 5.82. The van der Waals surface area contributed by atoms with Crippen molar-refractivity contribution in [1.29, 1.82) is 0 Å². The summed E-state index contributed by atoms with van der Waals surface area (Å²) < 4.78 is 5.46. The number of ether oxygens (including phenoxy) is 1. The van der Waals surface area contributed by atoms with E-state index in [-0.39, 0.29) is 35.9 Å². The molecule has 8 nitrogen and oxygen atoms in total. The highest BCUT2D eigenvalue weighted by Gasteiger charge is 2.32. The van der Waals surface area contributed by atoms with Crippen LogP contribution in [0.25, 0.3) is 0 Å². The van der Waals surface area contributed by atoms with Crippen LogP contribution in [0, 0.1) is 5.92 Å². The summed E-state index contributed by atoms with van der Waals surface area (Å²) in [5.41, 5.74) is 0. The van der Waals surface area contributed by atoms with E-state index in [1.165, 1.54) is 0 Å². The molecule has 1 atom stereocenters. The van der Waals surface area contributed by atoms with Gasteiger partial charge in [0.15, 0.2) is 0 Å². The number of nitrogens with one attached hydrogen (secondary N) is 2. The number of piperazine rings is 1. The van der Waals surface area contributed by atoms with Gasteiger partial charge in [-0.25, -0.2) is 4.79 Å². The Morgan fingerprint density at radius 1 is 0.923 bits per heavy atom. The Morgan fingerprint density at radius 2 is 1.58 bits per heavy atom. The summed E-state index contributed by atoms with van der Waals surface area (Å²) in [5.74, 6) is 0.234. The van der Waals surface area contributed by atoms with Crippen LogP contribution in [0.1, 0.15) is 38.5 Å². The van der Waals surface area contributed by atoms with E-state index in [4.69, 9.17) is 4.74 Å². The normalized spacial score (nSPS) is 29.3. The van der Waals surface area contributed by atoms with Gasteiger partial charge in [0, 0.05) is 51.8 Å². The summed E-state index contributed by atoms with van der Waals surface area (Å²) in [4.78, 5) is 40.1. The molecule has 0 bridgehead atoms. The molecule has 3 aliphatic rings. The first-order chi connectivity index (χ1) is 12.6. The summed E-state index contributed by atoms with van der Waals surface area (Å²) in [6, 6.07) is 0.0764. The van der Waals surface area contributed by atoms with Gasteiger partial charge in [0.25, 0.3) is 5.91 Å². The molecule has 3 rings (SSSR count). The predicted molar refractivity (Wildman–Crippen MR) is 95.5 cm³/mol. The van der Waals surface area contributed by atoms with Gasteiger partial charge in [0.1, 0.15) is 6.10 Å². The summed E-state index contributed by atoms with van der Waals surface area (Å²) in [7, 11) is 1.67. The first kappa shape index (κ1) is 18.9. The zero-order valence-corrected chi connectivity index (χ0v) is 15.5. The van der Waals surface area contributed by atoms with Crippen molar-refractivity contribution < 1.29 is 19.1 Å². The Bertz CT molecular complexity index is 519. The van der Waals surface area contributed by atoms with Crippen molar-refractivity contribution in [3.05, 3.63) is 0 Å². The lowest BCUT2D eigenvalue weighted by atomic mass is 9.85. The quantitative estimate of drug-likeness (QED) is 0.753. The Kier molecular flexibility index (Phi) is 6.34. The molecule has 146 valence electrons. The maximum absolute atomic E-state index is 12.5. The first-order valence-electron chi connectivity index (χ1n) is 9.76. The fraction of sp³-hybridized carbons (Fsp3) is 0.833. The van der Waals surface area contributed by atoms with Crippen molar-refractivity contribution >= 4 is 17.8 Å². The topological polar surface area (TPSA) is 91.0 Å². The van der Waals surface area contributed by atoms with Crippen molar-refractivity contribution in [3.63, 3.8) is 0 Å². The molecular weight excluding hydrogens is 336 g/mol. The van der Waals surface area contributed by atoms with Gasteiger partial charge < -0.3 is 25.2 Å². The molecule has 0 aromatic carbocycles. The molecule has 8 heteroatoms. The average Bonchev–Trinajstić information content (AvgIpc) is 3.22. The molecule has 2 saturated heterocycles. The Hall–Kier alpha value is -1.83. The Morgan fingerprint density at radius 3 is 2.15 bits per heavy atom. The Balaban J connectivity index is 1.39. The molecule has 0 spiro atoms. The number of urea groups is 1. The molecule has 4 amide bonds. The van der Waals surface area contributed by atoms with E-state index in [1.807, 2.05) is 4.90 Å². The minimum absolute atomic E-state index is 0.0578. The molecular formula is C18H30N4O4. The van der Waals surface area contributed by atoms with Crippen molar-refractivity contribution in [2.75, 3.05) is 39.8 Å². The lowest BCUT2D eigenvalue weighted by Gasteiger charge is -2.37. The third kappa shape index (κ3) is 4.47. The van der Waals surface area contributed by atoms with E-state index in [2.05, 4.69) is 10.6 Å². The summed E-state index contributed by atoms with van der Waals surface area (Å²) in [6.07, 6.45) is 4.76. The molecule has 0 aromatic heterocycles. The number of amides is 4. The van der Waals surface area contributed by atoms with Gasteiger partial charge in [-0.3, -0.25) is 9.59 Å². The van der Waals surface area contributed by atoms with Crippen LogP contribution in [-0.4, -0.2) is 79.6 Å². The number of carbonyl (C=O) groups excluding carboxylic acids is 3. The maximum Gasteiger partial charge on any atom is 0.317 e. The first-order valence-corrected chi connectivity index (χ1v) is 9.76. The van der Waals surface area contributed by atoms with E-state index in [0.717, 1.165) is 38.5 Å². The Labute approximate surface area is 154 Å². The van der Waals surface area contributed by atoms with Crippen molar-refractivity contribution in [3.8, 4) is 0 Å². The predicted octanol–water partition coefficient (Wildman–Crippen LogP) is 0.324. The highest BCUT2D eigenvalue weighted by atomic mass is 16.5. The number of hydrogen-bond acceptors (Lipinski definition) is 4. The second kappa shape index (κ2) is 8.70. The number of rotatable bonds is 3. The van der Waals surface area contributed by atoms with E-state index < -0.39 is 0 Å². The van der Waals surface area contributed by atoms with Crippen LogP contribution in [0.5, 0.6) is 0 Å². The van der Waals surface area contributed by atoms with E-state index in [0.29, 0.717) is 32.8 Å². The van der Waals surface area contributed by atoms with Gasteiger partial charge in [-0.15, -0.1) is 0 Å². The lowest BCUT2D eigenvalue weighted by molar-refractivity contribution is -0.142. The molecule has 26 heavy (non-hydrogen) atoms. The second-order valence-electron chi connectivity index (χ2n) is 7.43. The smallest absolute Gasteiger partial charge is 0.317 e. The number of carbonyl (C=O) groups is 3. The fourth-order valence-corrected chi connectivity index (χ4v) is 4.08. The molecule has 2 heterocycles. The van der Waals surface area contributed by atoms with Gasteiger partial charge in [0.2, 0.25) is 5.91 Å².